The van der Waals surface area contributed by atoms with Crippen LogP contribution in [0.15, 0.2) is 18.2 Å². The fourth-order valence-electron chi connectivity index (χ4n) is 1.27. The smallest absolute Gasteiger partial charge is 0.317 e. The van der Waals surface area contributed by atoms with Crippen molar-refractivity contribution in [2.24, 2.45) is 0 Å². The molecule has 0 saturated heterocycles. The van der Waals surface area contributed by atoms with Gasteiger partial charge in [0, 0.05) is 0 Å². The third-order valence-electron chi connectivity index (χ3n) is 2.04. The van der Waals surface area contributed by atoms with Crippen LogP contribution in [0, 0.1) is 0 Å². The zero-order valence-corrected chi connectivity index (χ0v) is 12.3. The first-order valence-electron chi connectivity index (χ1n) is 4.37. The normalized spacial score (nSPS) is 13.3. The number of carbonyl (C=O) groups excluding carboxylic acids is 1. The standard InChI is InChI=1S/C10H7Cl5O2/c1-17-9(16)8(10(13,14)15)5-2-3-6(11)7(12)4-5/h2-4,8H,1H3. The molecule has 1 aromatic rings. The minimum atomic E-state index is -1.83. The molecule has 1 aromatic carbocycles. The summed E-state index contributed by atoms with van der Waals surface area (Å²) in [6, 6.07) is 4.54. The molecule has 0 amide bonds. The monoisotopic (exact) mass is 334 g/mol. The molecule has 0 heterocycles. The van der Waals surface area contributed by atoms with E-state index in [0.717, 1.165) is 0 Å². The quantitative estimate of drug-likeness (QED) is 0.582. The van der Waals surface area contributed by atoms with Crippen LogP contribution in [0.5, 0.6) is 0 Å². The molecule has 0 spiro atoms. The number of benzene rings is 1. The molecule has 0 bridgehead atoms. The van der Waals surface area contributed by atoms with E-state index in [0.29, 0.717) is 10.6 Å². The third kappa shape index (κ3) is 3.80. The summed E-state index contributed by atoms with van der Waals surface area (Å²) in [5.74, 6) is -1.73. The Kier molecular flexibility index (Phi) is 5.23. The van der Waals surface area contributed by atoms with Crippen molar-refractivity contribution in [2.45, 2.75) is 9.71 Å². The highest BCUT2D eigenvalue weighted by Gasteiger charge is 2.40. The van der Waals surface area contributed by atoms with E-state index < -0.39 is 15.7 Å². The molecule has 2 nitrogen and oxygen atoms in total. The van der Waals surface area contributed by atoms with Gasteiger partial charge in [-0.15, -0.1) is 0 Å². The summed E-state index contributed by atoms with van der Waals surface area (Å²) in [6.07, 6.45) is 0. The van der Waals surface area contributed by atoms with Crippen molar-refractivity contribution in [3.05, 3.63) is 33.8 Å². The summed E-state index contributed by atoms with van der Waals surface area (Å²) in [4.78, 5) is 11.6. The van der Waals surface area contributed by atoms with E-state index in [4.69, 9.17) is 58.0 Å². The largest absolute Gasteiger partial charge is 0.468 e. The van der Waals surface area contributed by atoms with E-state index in [1.54, 1.807) is 6.07 Å². The topological polar surface area (TPSA) is 26.3 Å². The van der Waals surface area contributed by atoms with E-state index in [-0.39, 0.29) is 5.02 Å². The molecule has 0 aliphatic heterocycles. The van der Waals surface area contributed by atoms with Crippen molar-refractivity contribution < 1.29 is 9.53 Å². The van der Waals surface area contributed by atoms with E-state index in [2.05, 4.69) is 4.74 Å². The van der Waals surface area contributed by atoms with Gasteiger partial charge in [-0.25, -0.2) is 0 Å². The molecule has 0 aliphatic rings. The van der Waals surface area contributed by atoms with Crippen LogP contribution in [0.3, 0.4) is 0 Å². The average molecular weight is 336 g/mol. The number of methoxy groups -OCH3 is 1. The van der Waals surface area contributed by atoms with Gasteiger partial charge < -0.3 is 4.74 Å². The zero-order chi connectivity index (χ0) is 13.2. The highest BCUT2D eigenvalue weighted by molar-refractivity contribution is 6.68. The maximum Gasteiger partial charge on any atom is 0.317 e. The Bertz CT molecular complexity index is 427. The predicted molar refractivity (Wildman–Crippen MR) is 71.5 cm³/mol. The maximum absolute atomic E-state index is 11.6. The Morgan fingerprint density at radius 2 is 1.82 bits per heavy atom. The zero-order valence-electron chi connectivity index (χ0n) is 8.52. The Balaban J connectivity index is 3.23. The van der Waals surface area contributed by atoms with Crippen molar-refractivity contribution >= 4 is 64.0 Å². The molecule has 0 N–H and O–H groups in total. The van der Waals surface area contributed by atoms with Crippen LogP contribution in [0.4, 0.5) is 0 Å². The van der Waals surface area contributed by atoms with Gasteiger partial charge >= 0.3 is 5.97 Å². The number of carbonyl (C=O) groups is 1. The molecule has 0 aromatic heterocycles. The highest BCUT2D eigenvalue weighted by atomic mass is 35.6. The first-order chi connectivity index (χ1) is 7.77. The van der Waals surface area contributed by atoms with Crippen molar-refractivity contribution in [1.82, 2.24) is 0 Å². The number of rotatable bonds is 2. The summed E-state index contributed by atoms with van der Waals surface area (Å²) < 4.78 is 2.77. The summed E-state index contributed by atoms with van der Waals surface area (Å²) >= 11 is 28.9. The minimum absolute atomic E-state index is 0.271. The number of halogens is 5. The van der Waals surface area contributed by atoms with Gasteiger partial charge in [0.05, 0.1) is 17.2 Å². The van der Waals surface area contributed by atoms with Crippen LogP contribution in [-0.2, 0) is 9.53 Å². The lowest BCUT2D eigenvalue weighted by Crippen LogP contribution is -2.26. The van der Waals surface area contributed by atoms with Gasteiger partial charge in [0.1, 0.15) is 5.92 Å². The molecule has 0 aliphatic carbocycles. The number of hydrogen-bond donors (Lipinski definition) is 0. The van der Waals surface area contributed by atoms with E-state index in [1.807, 2.05) is 0 Å². The Morgan fingerprint density at radius 3 is 2.24 bits per heavy atom. The van der Waals surface area contributed by atoms with Crippen molar-refractivity contribution in [2.75, 3.05) is 7.11 Å². The van der Waals surface area contributed by atoms with Gasteiger partial charge in [0.25, 0.3) is 0 Å². The lowest BCUT2D eigenvalue weighted by Gasteiger charge is -2.22. The van der Waals surface area contributed by atoms with Gasteiger partial charge in [-0.05, 0) is 17.7 Å². The minimum Gasteiger partial charge on any atom is -0.468 e. The van der Waals surface area contributed by atoms with Crippen LogP contribution in [0.1, 0.15) is 11.5 Å². The predicted octanol–water partition coefficient (Wildman–Crippen LogP) is 4.62. The van der Waals surface area contributed by atoms with Crippen LogP contribution in [0.25, 0.3) is 0 Å². The molecular formula is C10H7Cl5O2. The molecule has 17 heavy (non-hydrogen) atoms. The van der Waals surface area contributed by atoms with Gasteiger partial charge in [-0.1, -0.05) is 64.1 Å². The Morgan fingerprint density at radius 1 is 1.24 bits per heavy atom. The lowest BCUT2D eigenvalue weighted by molar-refractivity contribution is -0.142. The first-order valence-corrected chi connectivity index (χ1v) is 6.26. The number of esters is 1. The second-order valence-corrected chi connectivity index (χ2v) is 6.35. The number of ether oxygens (including phenoxy) is 1. The van der Waals surface area contributed by atoms with Gasteiger partial charge in [0.15, 0.2) is 0 Å². The summed E-state index contributed by atoms with van der Waals surface area (Å²) in [5.41, 5.74) is 0.422. The molecule has 0 saturated carbocycles. The molecule has 1 unspecified atom stereocenters. The van der Waals surface area contributed by atoms with Gasteiger partial charge in [-0.2, -0.15) is 0 Å². The highest BCUT2D eigenvalue weighted by Crippen LogP contribution is 2.43. The van der Waals surface area contributed by atoms with Gasteiger partial charge in [-0.3, -0.25) is 4.79 Å². The Labute approximate surface area is 124 Å². The lowest BCUT2D eigenvalue weighted by atomic mass is 10.0. The van der Waals surface area contributed by atoms with Crippen molar-refractivity contribution in [3.8, 4) is 0 Å². The SMILES string of the molecule is COC(=O)C(c1ccc(Cl)c(Cl)c1)C(Cl)(Cl)Cl. The molecular weight excluding hydrogens is 329 g/mol. The van der Waals surface area contributed by atoms with E-state index in [1.165, 1.54) is 19.2 Å². The van der Waals surface area contributed by atoms with Gasteiger partial charge in [0.2, 0.25) is 3.79 Å². The molecule has 1 rings (SSSR count). The molecule has 0 fully saturated rings. The van der Waals surface area contributed by atoms with Crippen molar-refractivity contribution in [1.29, 1.82) is 0 Å². The molecule has 1 atom stereocenters. The number of alkyl halides is 3. The summed E-state index contributed by atoms with van der Waals surface area (Å²) in [7, 11) is 1.21. The number of hydrogen-bond acceptors (Lipinski definition) is 2. The fourth-order valence-corrected chi connectivity index (χ4v) is 2.22. The van der Waals surface area contributed by atoms with Crippen LogP contribution >= 0.6 is 58.0 Å². The van der Waals surface area contributed by atoms with E-state index in [9.17, 15) is 4.79 Å². The Hall–Kier alpha value is 0.140. The summed E-state index contributed by atoms with van der Waals surface area (Å²) in [6.45, 7) is 0. The maximum atomic E-state index is 11.6. The second kappa shape index (κ2) is 5.85. The molecule has 7 heteroatoms. The molecule has 0 radical (unpaired) electrons. The molecule has 94 valence electrons. The average Bonchev–Trinajstić information content (AvgIpc) is 2.21. The van der Waals surface area contributed by atoms with Crippen LogP contribution in [0.2, 0.25) is 10.0 Å². The van der Waals surface area contributed by atoms with Crippen molar-refractivity contribution in [3.63, 3.8) is 0 Å². The first kappa shape index (κ1) is 15.2. The van der Waals surface area contributed by atoms with E-state index >= 15 is 0 Å². The third-order valence-corrected chi connectivity index (χ3v) is 3.43. The van der Waals surface area contributed by atoms with Crippen LogP contribution < -0.4 is 0 Å². The second-order valence-electron chi connectivity index (χ2n) is 3.17. The summed E-state index contributed by atoms with van der Waals surface area (Å²) in [5, 5.41) is 0.621. The fraction of sp³-hybridized carbons (Fsp3) is 0.300. The van der Waals surface area contributed by atoms with Crippen LogP contribution in [-0.4, -0.2) is 16.9 Å².